The van der Waals surface area contributed by atoms with Gasteiger partial charge in [-0.1, -0.05) is 6.07 Å². The summed E-state index contributed by atoms with van der Waals surface area (Å²) in [6, 6.07) is 10.9. The summed E-state index contributed by atoms with van der Waals surface area (Å²) in [6.45, 7) is 3.42. The lowest BCUT2D eigenvalue weighted by molar-refractivity contribution is 0.0715. The Labute approximate surface area is 170 Å². The van der Waals surface area contributed by atoms with Gasteiger partial charge in [0.25, 0.3) is 5.91 Å². The first-order valence-corrected chi connectivity index (χ1v) is 9.83. The molecule has 2 aliphatic heterocycles. The maximum Gasteiger partial charge on any atom is 0.256 e. The molecule has 1 aromatic carbocycles. The van der Waals surface area contributed by atoms with Crippen LogP contribution in [0.1, 0.15) is 46.1 Å². The molecule has 1 fully saturated rings. The van der Waals surface area contributed by atoms with Gasteiger partial charge < -0.3 is 19.6 Å². The van der Waals surface area contributed by atoms with Crippen LogP contribution in [0.25, 0.3) is 0 Å². The van der Waals surface area contributed by atoms with Gasteiger partial charge in [0.1, 0.15) is 17.7 Å². The van der Waals surface area contributed by atoms with E-state index in [1.165, 1.54) is 0 Å². The number of benzene rings is 1. The van der Waals surface area contributed by atoms with Crippen LogP contribution < -0.4 is 9.64 Å². The molecule has 150 valence electrons. The molecule has 1 atom stereocenters. The third-order valence-corrected chi connectivity index (χ3v) is 5.73. The molecule has 0 saturated carbocycles. The molecule has 0 radical (unpaired) electrons. The fraction of sp³-hybridized carbons (Fsp3) is 0.409. The number of anilines is 1. The van der Waals surface area contributed by atoms with E-state index in [-0.39, 0.29) is 24.7 Å². The molecule has 2 aromatic rings. The van der Waals surface area contributed by atoms with Crippen molar-refractivity contribution in [2.24, 2.45) is 0 Å². The minimum absolute atomic E-state index is 0.0899. The normalized spacial score (nSPS) is 19.2. The van der Waals surface area contributed by atoms with Crippen LogP contribution in [-0.2, 0) is 0 Å². The van der Waals surface area contributed by atoms with Gasteiger partial charge in [-0.05, 0) is 36.8 Å². The van der Waals surface area contributed by atoms with E-state index in [1.54, 1.807) is 24.1 Å². The molecule has 29 heavy (non-hydrogen) atoms. The summed E-state index contributed by atoms with van der Waals surface area (Å²) in [7, 11) is 1.70. The number of nitrogens with zero attached hydrogens (tertiary/aromatic N) is 4. The molecule has 4 rings (SSSR count). The Morgan fingerprint density at radius 3 is 2.76 bits per heavy atom. The van der Waals surface area contributed by atoms with Crippen LogP contribution in [0.5, 0.6) is 5.75 Å². The summed E-state index contributed by atoms with van der Waals surface area (Å²) in [4.78, 5) is 21.0. The van der Waals surface area contributed by atoms with Crippen LogP contribution in [0.4, 0.5) is 5.82 Å². The number of aliphatic hydroxyl groups excluding tert-OH is 1. The van der Waals surface area contributed by atoms with Crippen molar-refractivity contribution >= 4 is 11.7 Å². The minimum Gasteiger partial charge on any atom is -0.490 e. The van der Waals surface area contributed by atoms with Gasteiger partial charge in [0.05, 0.1) is 35.5 Å². The van der Waals surface area contributed by atoms with E-state index in [0.29, 0.717) is 16.8 Å². The highest BCUT2D eigenvalue weighted by atomic mass is 16.5. The van der Waals surface area contributed by atoms with Gasteiger partial charge in [-0.2, -0.15) is 5.26 Å². The number of nitriles is 1. The molecule has 0 aliphatic carbocycles. The van der Waals surface area contributed by atoms with Gasteiger partial charge in [0, 0.05) is 33.0 Å². The first-order valence-electron chi connectivity index (χ1n) is 9.83. The molecule has 2 aliphatic rings. The van der Waals surface area contributed by atoms with E-state index in [4.69, 9.17) is 15.0 Å². The first-order chi connectivity index (χ1) is 14.0. The third kappa shape index (κ3) is 3.52. The second kappa shape index (κ2) is 7.72. The predicted molar refractivity (Wildman–Crippen MR) is 108 cm³/mol. The van der Waals surface area contributed by atoms with Gasteiger partial charge >= 0.3 is 0 Å². The molecule has 1 amide bonds. The number of aliphatic hydroxyl groups is 1. The molecule has 7 heteroatoms. The van der Waals surface area contributed by atoms with Crippen LogP contribution in [0, 0.1) is 18.3 Å². The predicted octanol–water partition coefficient (Wildman–Crippen LogP) is 2.43. The molecule has 1 saturated heterocycles. The van der Waals surface area contributed by atoms with Gasteiger partial charge in [0.15, 0.2) is 0 Å². The summed E-state index contributed by atoms with van der Waals surface area (Å²) in [5.41, 5.74) is 2.80. The Bertz CT molecular complexity index is 977. The zero-order valence-electron chi connectivity index (χ0n) is 16.6. The Kier molecular flexibility index (Phi) is 5.12. The monoisotopic (exact) mass is 392 g/mol. The summed E-state index contributed by atoms with van der Waals surface area (Å²) in [5.74, 6) is 1.50. The summed E-state index contributed by atoms with van der Waals surface area (Å²) in [6.07, 6.45) is 1.78. The molecule has 0 unspecified atom stereocenters. The van der Waals surface area contributed by atoms with Crippen molar-refractivity contribution in [2.75, 3.05) is 31.6 Å². The van der Waals surface area contributed by atoms with Crippen molar-refractivity contribution in [3.8, 4) is 11.8 Å². The molecule has 3 heterocycles. The smallest absolute Gasteiger partial charge is 0.256 e. The zero-order chi connectivity index (χ0) is 20.5. The number of fused-ring (bicyclic) bond motifs is 1. The number of aromatic nitrogens is 1. The van der Waals surface area contributed by atoms with Crippen molar-refractivity contribution < 1.29 is 14.6 Å². The number of carbonyl (C=O) groups excluding carboxylic acids is 1. The van der Waals surface area contributed by atoms with Crippen LogP contribution in [0.15, 0.2) is 30.3 Å². The lowest BCUT2D eigenvalue weighted by Gasteiger charge is -2.34. The lowest BCUT2D eigenvalue weighted by atomic mass is 10.0. The van der Waals surface area contributed by atoms with Crippen LogP contribution >= 0.6 is 0 Å². The minimum atomic E-state index is -0.384. The molecular weight excluding hydrogens is 368 g/mol. The number of hydrogen-bond donors (Lipinski definition) is 1. The van der Waals surface area contributed by atoms with Gasteiger partial charge in [-0.3, -0.25) is 4.79 Å². The fourth-order valence-electron chi connectivity index (χ4n) is 4.10. The topological polar surface area (TPSA) is 89.7 Å². The van der Waals surface area contributed by atoms with E-state index in [1.807, 2.05) is 25.1 Å². The third-order valence-electron chi connectivity index (χ3n) is 5.73. The standard InChI is InChI=1S/C22H24N4O3/c1-14-10-18-20(19(13-27)25(2)22(18)28)24-21(14)26-8-6-16(7-9-26)29-17-5-3-4-15(11-17)12-23/h3-5,10-11,16,19,27H,6-9,13H2,1-2H3/t19-/m1/s1. The van der Waals surface area contributed by atoms with Gasteiger partial charge in [-0.15, -0.1) is 0 Å². The van der Waals surface area contributed by atoms with E-state index in [0.717, 1.165) is 43.1 Å². The fourth-order valence-corrected chi connectivity index (χ4v) is 4.10. The average molecular weight is 392 g/mol. The number of ether oxygens (including phenoxy) is 1. The molecular formula is C22H24N4O3. The average Bonchev–Trinajstić information content (AvgIpc) is 2.97. The Morgan fingerprint density at radius 2 is 2.07 bits per heavy atom. The van der Waals surface area contributed by atoms with Crippen LogP contribution in [0.3, 0.4) is 0 Å². The van der Waals surface area contributed by atoms with Gasteiger partial charge in [-0.25, -0.2) is 4.98 Å². The van der Waals surface area contributed by atoms with E-state index < -0.39 is 0 Å². The van der Waals surface area contributed by atoms with Gasteiger partial charge in [0.2, 0.25) is 0 Å². The Morgan fingerprint density at radius 1 is 1.31 bits per heavy atom. The highest BCUT2D eigenvalue weighted by Crippen LogP contribution is 2.34. The first kappa shape index (κ1) is 19.2. The largest absolute Gasteiger partial charge is 0.490 e. The number of pyridine rings is 1. The lowest BCUT2D eigenvalue weighted by Crippen LogP contribution is -2.39. The SMILES string of the molecule is Cc1cc2c(nc1N1CCC(Oc3cccc(C#N)c3)CC1)[C@@H](CO)N(C)C2=O. The van der Waals surface area contributed by atoms with E-state index in [2.05, 4.69) is 11.0 Å². The second-order valence-corrected chi connectivity index (χ2v) is 7.62. The summed E-state index contributed by atoms with van der Waals surface area (Å²) < 4.78 is 6.07. The maximum absolute atomic E-state index is 12.4. The quantitative estimate of drug-likeness (QED) is 0.860. The number of aryl methyl sites for hydroxylation is 1. The number of carbonyl (C=O) groups is 1. The van der Waals surface area contributed by atoms with Crippen LogP contribution in [-0.4, -0.2) is 53.7 Å². The van der Waals surface area contributed by atoms with Crippen LogP contribution in [0.2, 0.25) is 0 Å². The number of amides is 1. The number of rotatable bonds is 4. The number of hydrogen-bond acceptors (Lipinski definition) is 6. The van der Waals surface area contributed by atoms with Crippen molar-refractivity contribution in [1.29, 1.82) is 5.26 Å². The van der Waals surface area contributed by atoms with Crippen molar-refractivity contribution in [3.05, 3.63) is 52.7 Å². The van der Waals surface area contributed by atoms with E-state index in [9.17, 15) is 9.90 Å². The van der Waals surface area contributed by atoms with Crippen molar-refractivity contribution in [3.63, 3.8) is 0 Å². The highest BCUT2D eigenvalue weighted by molar-refractivity contribution is 5.99. The maximum atomic E-state index is 12.4. The van der Waals surface area contributed by atoms with E-state index >= 15 is 0 Å². The molecule has 1 N–H and O–H groups in total. The van der Waals surface area contributed by atoms with Crippen molar-refractivity contribution in [1.82, 2.24) is 9.88 Å². The molecule has 1 aromatic heterocycles. The Hall–Kier alpha value is -3.11. The Balaban J connectivity index is 1.47. The summed E-state index contributed by atoms with van der Waals surface area (Å²) in [5, 5.41) is 18.7. The highest BCUT2D eigenvalue weighted by Gasteiger charge is 2.36. The van der Waals surface area contributed by atoms with Crippen molar-refractivity contribution in [2.45, 2.75) is 31.9 Å². The number of piperidine rings is 1. The molecule has 0 spiro atoms. The second-order valence-electron chi connectivity index (χ2n) is 7.62. The number of likely N-dealkylation sites (N-methyl/N-ethyl adjacent to an activating group) is 1. The zero-order valence-corrected chi connectivity index (χ0v) is 16.6. The molecule has 7 nitrogen and oxygen atoms in total. The summed E-state index contributed by atoms with van der Waals surface area (Å²) >= 11 is 0. The molecule has 0 bridgehead atoms.